The smallest absolute Gasteiger partial charge is 0.273 e. The highest BCUT2D eigenvalue weighted by Gasteiger charge is 2.25. The standard InChI is InChI=1S/C16H15N5OS/c1-11-18-19-14-9-20(7-8-21(11)14)16(22)13-10-23-15(17-13)12-5-3-2-4-6-12/h2-6,10H,7-9H2,1H3. The summed E-state index contributed by atoms with van der Waals surface area (Å²) in [6.07, 6.45) is 0. The first kappa shape index (κ1) is 14.1. The van der Waals surface area contributed by atoms with Crippen LogP contribution >= 0.6 is 11.3 Å². The second-order valence-corrected chi connectivity index (χ2v) is 6.30. The Balaban J connectivity index is 1.55. The molecule has 1 amide bonds. The van der Waals surface area contributed by atoms with Crippen molar-refractivity contribution in [2.24, 2.45) is 0 Å². The van der Waals surface area contributed by atoms with E-state index in [1.807, 2.05) is 42.6 Å². The molecular formula is C16H15N5OS. The van der Waals surface area contributed by atoms with Gasteiger partial charge in [0.1, 0.15) is 16.5 Å². The van der Waals surface area contributed by atoms with Gasteiger partial charge in [0.15, 0.2) is 5.82 Å². The molecule has 1 aliphatic rings. The zero-order valence-electron chi connectivity index (χ0n) is 12.6. The maximum absolute atomic E-state index is 12.7. The molecule has 0 spiro atoms. The third-order valence-corrected chi connectivity index (χ3v) is 4.86. The predicted octanol–water partition coefficient (Wildman–Crippen LogP) is 2.37. The number of hydrogen-bond donors (Lipinski definition) is 0. The fourth-order valence-electron chi connectivity index (χ4n) is 2.72. The van der Waals surface area contributed by atoms with Crippen molar-refractivity contribution in [1.29, 1.82) is 0 Å². The number of nitrogens with zero attached hydrogens (tertiary/aromatic N) is 5. The van der Waals surface area contributed by atoms with Gasteiger partial charge in [0, 0.05) is 24.0 Å². The summed E-state index contributed by atoms with van der Waals surface area (Å²) in [6, 6.07) is 9.91. The van der Waals surface area contributed by atoms with Crippen molar-refractivity contribution < 1.29 is 4.79 Å². The van der Waals surface area contributed by atoms with E-state index < -0.39 is 0 Å². The van der Waals surface area contributed by atoms with Crippen LogP contribution in [0, 0.1) is 6.92 Å². The van der Waals surface area contributed by atoms with E-state index in [1.54, 1.807) is 4.90 Å². The molecule has 0 unspecified atom stereocenters. The fourth-order valence-corrected chi connectivity index (χ4v) is 3.52. The number of aryl methyl sites for hydroxylation is 1. The number of rotatable bonds is 2. The minimum Gasteiger partial charge on any atom is -0.328 e. The Kier molecular flexibility index (Phi) is 3.42. The van der Waals surface area contributed by atoms with E-state index in [-0.39, 0.29) is 5.91 Å². The molecule has 2 aromatic heterocycles. The van der Waals surface area contributed by atoms with E-state index in [2.05, 4.69) is 19.7 Å². The van der Waals surface area contributed by atoms with E-state index >= 15 is 0 Å². The van der Waals surface area contributed by atoms with Gasteiger partial charge >= 0.3 is 0 Å². The molecule has 7 heteroatoms. The predicted molar refractivity (Wildman–Crippen MR) is 87.0 cm³/mol. The molecule has 0 fully saturated rings. The van der Waals surface area contributed by atoms with Gasteiger partial charge in [-0.2, -0.15) is 0 Å². The SMILES string of the molecule is Cc1nnc2n1CCN(C(=O)c1csc(-c3ccccc3)n1)C2. The number of amides is 1. The van der Waals surface area contributed by atoms with Gasteiger partial charge in [0.25, 0.3) is 5.91 Å². The Bertz CT molecular complexity index is 854. The van der Waals surface area contributed by atoms with Gasteiger partial charge in [-0.25, -0.2) is 4.98 Å². The molecule has 0 saturated heterocycles. The molecule has 0 aliphatic carbocycles. The molecule has 1 aliphatic heterocycles. The zero-order chi connectivity index (χ0) is 15.8. The Morgan fingerprint density at radius 3 is 2.83 bits per heavy atom. The molecule has 4 rings (SSSR count). The fraction of sp³-hybridized carbons (Fsp3) is 0.250. The van der Waals surface area contributed by atoms with Gasteiger partial charge in [-0.3, -0.25) is 4.79 Å². The van der Waals surface area contributed by atoms with E-state index in [4.69, 9.17) is 0 Å². The van der Waals surface area contributed by atoms with Crippen LogP contribution in [0.2, 0.25) is 0 Å². The molecule has 1 aromatic carbocycles. The Labute approximate surface area is 137 Å². The molecule has 0 atom stereocenters. The highest BCUT2D eigenvalue weighted by Crippen LogP contribution is 2.24. The van der Waals surface area contributed by atoms with Crippen molar-refractivity contribution in [3.8, 4) is 10.6 Å². The maximum Gasteiger partial charge on any atom is 0.273 e. The summed E-state index contributed by atoms with van der Waals surface area (Å²) in [5.74, 6) is 1.68. The molecule has 116 valence electrons. The number of carbonyl (C=O) groups is 1. The van der Waals surface area contributed by atoms with Crippen LogP contribution in [0.4, 0.5) is 0 Å². The van der Waals surface area contributed by atoms with Crippen molar-refractivity contribution in [3.63, 3.8) is 0 Å². The Hall–Kier alpha value is -2.54. The van der Waals surface area contributed by atoms with E-state index in [9.17, 15) is 4.79 Å². The van der Waals surface area contributed by atoms with Crippen LogP contribution in [0.25, 0.3) is 10.6 Å². The second kappa shape index (κ2) is 5.58. The van der Waals surface area contributed by atoms with Crippen molar-refractivity contribution in [2.45, 2.75) is 20.0 Å². The van der Waals surface area contributed by atoms with Gasteiger partial charge < -0.3 is 9.47 Å². The van der Waals surface area contributed by atoms with Crippen LogP contribution in [0.5, 0.6) is 0 Å². The van der Waals surface area contributed by atoms with Crippen LogP contribution in [0.3, 0.4) is 0 Å². The summed E-state index contributed by atoms with van der Waals surface area (Å²) in [5.41, 5.74) is 1.53. The van der Waals surface area contributed by atoms with Gasteiger partial charge in [-0.1, -0.05) is 30.3 Å². The Morgan fingerprint density at radius 1 is 1.17 bits per heavy atom. The van der Waals surface area contributed by atoms with Crippen molar-refractivity contribution in [3.05, 3.63) is 53.1 Å². The number of carbonyl (C=O) groups excluding carboxylic acids is 1. The van der Waals surface area contributed by atoms with E-state index in [1.165, 1.54) is 11.3 Å². The van der Waals surface area contributed by atoms with E-state index in [0.29, 0.717) is 18.8 Å². The van der Waals surface area contributed by atoms with Crippen LogP contribution in [0.15, 0.2) is 35.7 Å². The molecule has 6 nitrogen and oxygen atoms in total. The molecule has 0 radical (unpaired) electrons. The highest BCUT2D eigenvalue weighted by molar-refractivity contribution is 7.13. The highest BCUT2D eigenvalue weighted by atomic mass is 32.1. The maximum atomic E-state index is 12.7. The third kappa shape index (κ3) is 2.53. The molecule has 0 saturated carbocycles. The van der Waals surface area contributed by atoms with Crippen molar-refractivity contribution in [2.75, 3.05) is 6.54 Å². The number of thiazole rings is 1. The van der Waals surface area contributed by atoms with Crippen molar-refractivity contribution >= 4 is 17.2 Å². The van der Waals surface area contributed by atoms with Crippen molar-refractivity contribution in [1.82, 2.24) is 24.6 Å². The van der Waals surface area contributed by atoms with Gasteiger partial charge in [0.05, 0.1) is 6.54 Å². The summed E-state index contributed by atoms with van der Waals surface area (Å²) in [6.45, 7) is 3.80. The first-order chi connectivity index (χ1) is 11.2. The first-order valence-electron chi connectivity index (χ1n) is 7.41. The number of hydrogen-bond acceptors (Lipinski definition) is 5. The topological polar surface area (TPSA) is 63.9 Å². The summed E-state index contributed by atoms with van der Waals surface area (Å²) in [4.78, 5) is 19.0. The molecule has 23 heavy (non-hydrogen) atoms. The third-order valence-electron chi connectivity index (χ3n) is 3.97. The normalized spacial score (nSPS) is 13.9. The summed E-state index contributed by atoms with van der Waals surface area (Å²) in [5, 5.41) is 10.9. The molecular weight excluding hydrogens is 310 g/mol. The average molecular weight is 325 g/mol. The van der Waals surface area contributed by atoms with Crippen LogP contribution in [0.1, 0.15) is 22.1 Å². The monoisotopic (exact) mass is 325 g/mol. The second-order valence-electron chi connectivity index (χ2n) is 5.45. The van der Waals surface area contributed by atoms with Gasteiger partial charge in [-0.15, -0.1) is 21.5 Å². The number of aromatic nitrogens is 4. The lowest BCUT2D eigenvalue weighted by molar-refractivity contribution is 0.0701. The van der Waals surface area contributed by atoms with Crippen LogP contribution < -0.4 is 0 Å². The summed E-state index contributed by atoms with van der Waals surface area (Å²) >= 11 is 1.49. The largest absolute Gasteiger partial charge is 0.328 e. The van der Waals surface area contributed by atoms with Gasteiger partial charge in [-0.05, 0) is 6.92 Å². The molecule has 0 bridgehead atoms. The summed E-state index contributed by atoms with van der Waals surface area (Å²) in [7, 11) is 0. The lowest BCUT2D eigenvalue weighted by Crippen LogP contribution is -2.38. The molecule has 3 heterocycles. The zero-order valence-corrected chi connectivity index (χ0v) is 13.5. The van der Waals surface area contributed by atoms with E-state index in [0.717, 1.165) is 28.8 Å². The number of benzene rings is 1. The van der Waals surface area contributed by atoms with Crippen LogP contribution in [-0.2, 0) is 13.1 Å². The van der Waals surface area contributed by atoms with Gasteiger partial charge in [0.2, 0.25) is 0 Å². The summed E-state index contributed by atoms with van der Waals surface area (Å²) < 4.78 is 2.06. The minimum atomic E-state index is -0.0460. The van der Waals surface area contributed by atoms with Crippen LogP contribution in [-0.4, -0.2) is 37.1 Å². The Morgan fingerprint density at radius 2 is 2.00 bits per heavy atom. The molecule has 3 aromatic rings. The minimum absolute atomic E-state index is 0.0460. The first-order valence-corrected chi connectivity index (χ1v) is 8.29. The lowest BCUT2D eigenvalue weighted by atomic mass is 10.2. The number of fused-ring (bicyclic) bond motifs is 1. The quantitative estimate of drug-likeness (QED) is 0.725. The average Bonchev–Trinajstić information content (AvgIpc) is 3.22. The molecule has 0 N–H and O–H groups in total. The lowest BCUT2D eigenvalue weighted by Gasteiger charge is -2.26.